The smallest absolute Gasteiger partial charge is 0.230 e. The Kier molecular flexibility index (Phi) is 6.02. The number of nitrogen functional groups attached to an aromatic ring is 1. The van der Waals surface area contributed by atoms with E-state index in [1.54, 1.807) is 0 Å². The Morgan fingerprint density at radius 1 is 1.00 bits per heavy atom. The summed E-state index contributed by atoms with van der Waals surface area (Å²) in [6.07, 6.45) is 0.332. The van der Waals surface area contributed by atoms with Gasteiger partial charge in [-0.2, -0.15) is 0 Å². The van der Waals surface area contributed by atoms with Crippen LogP contribution < -0.4 is 16.0 Å². The Hall–Kier alpha value is -2.97. The number of hydrogen-bond donors (Lipinski definition) is 2. The molecule has 0 aliphatic carbocycles. The van der Waals surface area contributed by atoms with E-state index in [1.807, 2.05) is 48.5 Å². The third-order valence-corrected chi connectivity index (χ3v) is 5.77. The van der Waals surface area contributed by atoms with Crippen molar-refractivity contribution in [3.63, 3.8) is 0 Å². The summed E-state index contributed by atoms with van der Waals surface area (Å²) in [5.74, 6) is -0.0779. The molecular weight excluding hydrogens is 384 g/mol. The van der Waals surface area contributed by atoms with Gasteiger partial charge in [-0.15, -0.1) is 10.2 Å². The Balaban J connectivity index is 1.27. The Morgan fingerprint density at radius 3 is 2.52 bits per heavy atom. The van der Waals surface area contributed by atoms with E-state index in [2.05, 4.69) is 31.4 Å². The highest BCUT2D eigenvalue weighted by molar-refractivity contribution is 7.19. The zero-order chi connectivity index (χ0) is 20.1. The van der Waals surface area contributed by atoms with Crippen LogP contribution in [0.25, 0.3) is 0 Å². The van der Waals surface area contributed by atoms with Gasteiger partial charge in [0, 0.05) is 38.4 Å². The summed E-state index contributed by atoms with van der Waals surface area (Å²) in [7, 11) is 0. The number of nitrogens with two attached hydrogens (primary N) is 1. The lowest BCUT2D eigenvalue weighted by molar-refractivity contribution is -0.115. The minimum atomic E-state index is -0.0779. The maximum atomic E-state index is 12.2. The highest BCUT2D eigenvalue weighted by Crippen LogP contribution is 2.25. The number of benzene rings is 2. The SMILES string of the molecule is Nc1cccc(CN2CCN(c3nnc(NC(=O)Cc4ccccc4)s3)CC2)c1. The molecule has 1 saturated heterocycles. The third-order valence-electron chi connectivity index (χ3n) is 4.87. The predicted octanol–water partition coefficient (Wildman–Crippen LogP) is 2.62. The first-order valence-electron chi connectivity index (χ1n) is 9.65. The van der Waals surface area contributed by atoms with Crippen molar-refractivity contribution >= 4 is 33.2 Å². The van der Waals surface area contributed by atoms with E-state index in [4.69, 9.17) is 5.73 Å². The Morgan fingerprint density at radius 2 is 1.76 bits per heavy atom. The van der Waals surface area contributed by atoms with Gasteiger partial charge in [0.25, 0.3) is 0 Å². The number of hydrogen-bond acceptors (Lipinski definition) is 7. The van der Waals surface area contributed by atoms with Gasteiger partial charge in [0.05, 0.1) is 6.42 Å². The molecule has 4 rings (SSSR count). The largest absolute Gasteiger partial charge is 0.399 e. The van der Waals surface area contributed by atoms with Gasteiger partial charge >= 0.3 is 0 Å². The standard InChI is InChI=1S/C21H24N6OS/c22-18-8-4-7-17(13-18)15-26-9-11-27(12-10-26)21-25-24-20(29-21)23-19(28)14-16-5-2-1-3-6-16/h1-8,13H,9-12,14-15,22H2,(H,23,24,28). The second kappa shape index (κ2) is 9.02. The van der Waals surface area contributed by atoms with E-state index in [0.29, 0.717) is 11.6 Å². The number of carbonyl (C=O) groups excluding carboxylic acids is 1. The summed E-state index contributed by atoms with van der Waals surface area (Å²) in [4.78, 5) is 16.8. The van der Waals surface area contributed by atoms with Crippen LogP contribution in [0.1, 0.15) is 11.1 Å². The van der Waals surface area contributed by atoms with Crippen LogP contribution >= 0.6 is 11.3 Å². The monoisotopic (exact) mass is 408 g/mol. The zero-order valence-electron chi connectivity index (χ0n) is 16.1. The van der Waals surface area contributed by atoms with Crippen LogP contribution in [0.2, 0.25) is 0 Å². The van der Waals surface area contributed by atoms with Gasteiger partial charge in [-0.3, -0.25) is 9.69 Å². The predicted molar refractivity (Wildman–Crippen MR) is 117 cm³/mol. The Labute approximate surface area is 174 Å². The fraction of sp³-hybridized carbons (Fsp3) is 0.286. The molecule has 2 heterocycles. The van der Waals surface area contributed by atoms with Crippen LogP contribution in [0.4, 0.5) is 16.0 Å². The molecule has 1 aliphatic rings. The molecule has 0 saturated carbocycles. The summed E-state index contributed by atoms with van der Waals surface area (Å²) in [6, 6.07) is 17.7. The van der Waals surface area contributed by atoms with Crippen LogP contribution in [0.15, 0.2) is 54.6 Å². The lowest BCUT2D eigenvalue weighted by Crippen LogP contribution is -2.45. The van der Waals surface area contributed by atoms with Crippen molar-refractivity contribution in [1.82, 2.24) is 15.1 Å². The van der Waals surface area contributed by atoms with E-state index in [9.17, 15) is 4.79 Å². The fourth-order valence-corrected chi connectivity index (χ4v) is 4.20. The number of amides is 1. The summed E-state index contributed by atoms with van der Waals surface area (Å²) < 4.78 is 0. The van der Waals surface area contributed by atoms with Gasteiger partial charge in [-0.05, 0) is 23.3 Å². The molecule has 3 N–H and O–H groups in total. The molecule has 8 heteroatoms. The summed E-state index contributed by atoms with van der Waals surface area (Å²) >= 11 is 1.42. The van der Waals surface area contributed by atoms with Gasteiger partial charge < -0.3 is 16.0 Å². The molecule has 0 atom stereocenters. The molecule has 150 valence electrons. The first kappa shape index (κ1) is 19.4. The zero-order valence-corrected chi connectivity index (χ0v) is 16.9. The molecule has 1 fully saturated rings. The average molecular weight is 409 g/mol. The molecule has 1 aromatic heterocycles. The van der Waals surface area contributed by atoms with Crippen LogP contribution in [0.5, 0.6) is 0 Å². The number of nitrogens with one attached hydrogen (secondary N) is 1. The quantitative estimate of drug-likeness (QED) is 0.610. The number of rotatable bonds is 6. The number of carbonyl (C=O) groups is 1. The summed E-state index contributed by atoms with van der Waals surface area (Å²) in [6.45, 7) is 4.56. The van der Waals surface area contributed by atoms with Crippen molar-refractivity contribution < 1.29 is 4.79 Å². The lowest BCUT2D eigenvalue weighted by Gasteiger charge is -2.34. The first-order valence-corrected chi connectivity index (χ1v) is 10.5. The van der Waals surface area contributed by atoms with E-state index >= 15 is 0 Å². The van der Waals surface area contributed by atoms with Gasteiger partial charge in [0.1, 0.15) is 0 Å². The highest BCUT2D eigenvalue weighted by atomic mass is 32.1. The number of nitrogens with zero attached hydrogens (tertiary/aromatic N) is 4. The van der Waals surface area contributed by atoms with Gasteiger partial charge in [0.15, 0.2) is 0 Å². The topological polar surface area (TPSA) is 87.4 Å². The molecule has 29 heavy (non-hydrogen) atoms. The number of piperazine rings is 1. The minimum Gasteiger partial charge on any atom is -0.399 e. The lowest BCUT2D eigenvalue weighted by atomic mass is 10.1. The van der Waals surface area contributed by atoms with Gasteiger partial charge in [0.2, 0.25) is 16.2 Å². The van der Waals surface area contributed by atoms with Crippen molar-refractivity contribution in [2.24, 2.45) is 0 Å². The number of aromatic nitrogens is 2. The van der Waals surface area contributed by atoms with Crippen molar-refractivity contribution in [2.75, 3.05) is 42.1 Å². The second-order valence-electron chi connectivity index (χ2n) is 7.11. The normalized spacial score (nSPS) is 14.7. The molecule has 0 radical (unpaired) electrons. The van der Waals surface area contributed by atoms with Crippen molar-refractivity contribution in [3.8, 4) is 0 Å². The van der Waals surface area contributed by atoms with Crippen LogP contribution in [0, 0.1) is 0 Å². The Bertz CT molecular complexity index is 953. The van der Waals surface area contributed by atoms with E-state index in [0.717, 1.165) is 49.1 Å². The van der Waals surface area contributed by atoms with Crippen molar-refractivity contribution in [3.05, 3.63) is 65.7 Å². The van der Waals surface area contributed by atoms with Crippen LogP contribution in [-0.4, -0.2) is 47.2 Å². The maximum absolute atomic E-state index is 12.2. The molecule has 2 aromatic carbocycles. The average Bonchev–Trinajstić information content (AvgIpc) is 3.17. The molecule has 0 spiro atoms. The molecule has 7 nitrogen and oxygen atoms in total. The molecule has 3 aromatic rings. The second-order valence-corrected chi connectivity index (χ2v) is 8.06. The van der Waals surface area contributed by atoms with E-state index < -0.39 is 0 Å². The first-order chi connectivity index (χ1) is 14.2. The molecule has 1 aliphatic heterocycles. The molecular formula is C21H24N6OS. The van der Waals surface area contributed by atoms with Gasteiger partial charge in [-0.25, -0.2) is 0 Å². The number of anilines is 3. The van der Waals surface area contributed by atoms with Crippen molar-refractivity contribution in [2.45, 2.75) is 13.0 Å². The van der Waals surface area contributed by atoms with Crippen molar-refractivity contribution in [1.29, 1.82) is 0 Å². The van der Waals surface area contributed by atoms with E-state index in [-0.39, 0.29) is 5.91 Å². The fourth-order valence-electron chi connectivity index (χ4n) is 3.39. The van der Waals surface area contributed by atoms with Crippen LogP contribution in [-0.2, 0) is 17.8 Å². The summed E-state index contributed by atoms with van der Waals surface area (Å²) in [5, 5.41) is 12.7. The van der Waals surface area contributed by atoms with E-state index in [1.165, 1.54) is 16.9 Å². The maximum Gasteiger partial charge on any atom is 0.230 e. The summed E-state index contributed by atoms with van der Waals surface area (Å²) in [5.41, 5.74) is 8.89. The third kappa shape index (κ3) is 5.30. The molecule has 1 amide bonds. The molecule has 0 bridgehead atoms. The molecule has 0 unspecified atom stereocenters. The van der Waals surface area contributed by atoms with Crippen LogP contribution in [0.3, 0.4) is 0 Å². The highest BCUT2D eigenvalue weighted by Gasteiger charge is 2.20. The van der Waals surface area contributed by atoms with Gasteiger partial charge in [-0.1, -0.05) is 53.8 Å². The minimum absolute atomic E-state index is 0.0779.